The molecule has 1 saturated heterocycles. The quantitative estimate of drug-likeness (QED) is 0.773. The van der Waals surface area contributed by atoms with Crippen LogP contribution in [-0.4, -0.2) is 34.4 Å². The number of nitrogens with one attached hydrogen (secondary N) is 1. The van der Waals surface area contributed by atoms with E-state index in [4.69, 9.17) is 0 Å². The lowest BCUT2D eigenvalue weighted by Gasteiger charge is -2.30. The third-order valence-corrected chi connectivity index (χ3v) is 6.06. The number of hydrogen-bond donors (Lipinski definition) is 1. The Morgan fingerprint density at radius 3 is 2.43 bits per heavy atom. The van der Waals surface area contributed by atoms with Crippen LogP contribution in [0, 0.1) is 5.92 Å². The van der Waals surface area contributed by atoms with Gasteiger partial charge in [-0.05, 0) is 60.7 Å². The van der Waals surface area contributed by atoms with Crippen molar-refractivity contribution in [1.82, 2.24) is 10.2 Å². The van der Waals surface area contributed by atoms with Gasteiger partial charge in [0.15, 0.2) is 0 Å². The number of carbonyl (C=O) groups is 1. The van der Waals surface area contributed by atoms with Gasteiger partial charge in [-0.25, -0.2) is 0 Å². The van der Waals surface area contributed by atoms with E-state index in [1.54, 1.807) is 12.3 Å². The number of benzene rings is 2. The average Bonchev–Trinajstić information content (AvgIpc) is 2.69. The maximum absolute atomic E-state index is 12.4. The van der Waals surface area contributed by atoms with E-state index in [2.05, 4.69) is 41.4 Å². The molecular weight excluding hydrogens is 368 g/mol. The van der Waals surface area contributed by atoms with Gasteiger partial charge in [0.05, 0.1) is 0 Å². The fourth-order valence-electron chi connectivity index (χ4n) is 3.56. The Kier molecular flexibility index (Phi) is 7.40. The summed E-state index contributed by atoms with van der Waals surface area (Å²) < 4.78 is 11.4. The molecule has 2 aromatic carbocycles. The van der Waals surface area contributed by atoms with Crippen molar-refractivity contribution in [2.75, 3.05) is 19.3 Å². The molecule has 1 unspecified atom stereocenters. The van der Waals surface area contributed by atoms with Gasteiger partial charge in [-0.1, -0.05) is 43.3 Å². The summed E-state index contributed by atoms with van der Waals surface area (Å²) >= 11 is 0. The van der Waals surface area contributed by atoms with Crippen LogP contribution in [0.5, 0.6) is 0 Å². The highest BCUT2D eigenvalue weighted by Gasteiger charge is 2.15. The number of rotatable bonds is 7. The van der Waals surface area contributed by atoms with Crippen molar-refractivity contribution < 1.29 is 9.00 Å². The summed E-state index contributed by atoms with van der Waals surface area (Å²) in [6, 6.07) is 15.9. The second kappa shape index (κ2) is 9.99. The molecular formula is C23H30N2O2S. The first kappa shape index (κ1) is 20.7. The molecule has 0 spiro atoms. The van der Waals surface area contributed by atoms with E-state index in [-0.39, 0.29) is 5.91 Å². The van der Waals surface area contributed by atoms with E-state index < -0.39 is 10.8 Å². The lowest BCUT2D eigenvalue weighted by atomic mass is 9.99. The Morgan fingerprint density at radius 2 is 1.75 bits per heavy atom. The summed E-state index contributed by atoms with van der Waals surface area (Å²) in [6.07, 6.45) is 4.25. The van der Waals surface area contributed by atoms with Gasteiger partial charge < -0.3 is 5.32 Å². The molecule has 0 radical (unpaired) electrons. The molecule has 3 rings (SSSR count). The Labute approximate surface area is 170 Å². The molecule has 1 heterocycles. The molecule has 1 fully saturated rings. The third kappa shape index (κ3) is 6.28. The molecule has 0 saturated carbocycles. The smallest absolute Gasteiger partial charge is 0.251 e. The zero-order valence-corrected chi connectivity index (χ0v) is 17.6. The summed E-state index contributed by atoms with van der Waals surface area (Å²) in [5.74, 6) is 1.22. The topological polar surface area (TPSA) is 49.4 Å². The zero-order valence-electron chi connectivity index (χ0n) is 16.8. The predicted octanol–water partition coefficient (Wildman–Crippen LogP) is 3.73. The van der Waals surface area contributed by atoms with Crippen molar-refractivity contribution in [2.24, 2.45) is 5.92 Å². The first-order valence-corrected chi connectivity index (χ1v) is 11.7. The Morgan fingerprint density at radius 1 is 1.07 bits per heavy atom. The van der Waals surface area contributed by atoms with Crippen LogP contribution in [0.1, 0.15) is 46.8 Å². The van der Waals surface area contributed by atoms with Crippen molar-refractivity contribution in [3.8, 4) is 0 Å². The lowest BCUT2D eigenvalue weighted by molar-refractivity contribution is 0.0951. The molecule has 28 heavy (non-hydrogen) atoms. The van der Waals surface area contributed by atoms with E-state index in [9.17, 15) is 9.00 Å². The van der Waals surface area contributed by atoms with Crippen molar-refractivity contribution in [1.29, 1.82) is 0 Å². The Hall–Kier alpha value is -1.98. The molecule has 4 nitrogen and oxygen atoms in total. The Balaban J connectivity index is 1.50. The average molecular weight is 399 g/mol. The molecule has 5 heteroatoms. The van der Waals surface area contributed by atoms with Gasteiger partial charge in [-0.2, -0.15) is 0 Å². The molecule has 1 N–H and O–H groups in total. The minimum absolute atomic E-state index is 0.102. The molecule has 1 aliphatic rings. The first-order chi connectivity index (χ1) is 13.5. The van der Waals surface area contributed by atoms with E-state index in [1.165, 1.54) is 31.5 Å². The number of piperidine rings is 1. The maximum Gasteiger partial charge on any atom is 0.251 e. The van der Waals surface area contributed by atoms with Crippen LogP contribution in [0.15, 0.2) is 48.5 Å². The highest BCUT2D eigenvalue weighted by atomic mass is 32.2. The van der Waals surface area contributed by atoms with Gasteiger partial charge in [0.25, 0.3) is 5.91 Å². The van der Waals surface area contributed by atoms with E-state index in [0.717, 1.165) is 23.6 Å². The fraction of sp³-hybridized carbons (Fsp3) is 0.435. The van der Waals surface area contributed by atoms with Crippen LogP contribution in [0.2, 0.25) is 0 Å². The largest absolute Gasteiger partial charge is 0.348 e. The Bertz CT molecular complexity index is 812. The van der Waals surface area contributed by atoms with Crippen LogP contribution in [0.25, 0.3) is 0 Å². The third-order valence-electron chi connectivity index (χ3n) is 5.32. The van der Waals surface area contributed by atoms with Crippen LogP contribution >= 0.6 is 0 Å². The SMILES string of the molecule is CC1CCN(Cc2ccc(CNC(=O)c3cccc(CS(C)=O)c3)cc2)CC1. The van der Waals surface area contributed by atoms with Crippen molar-refractivity contribution in [3.05, 3.63) is 70.8 Å². The maximum atomic E-state index is 12.4. The second-order valence-electron chi connectivity index (χ2n) is 7.88. The highest BCUT2D eigenvalue weighted by molar-refractivity contribution is 7.83. The van der Waals surface area contributed by atoms with E-state index in [0.29, 0.717) is 17.9 Å². The molecule has 150 valence electrons. The van der Waals surface area contributed by atoms with Crippen molar-refractivity contribution >= 4 is 16.7 Å². The van der Waals surface area contributed by atoms with Gasteiger partial charge in [0.1, 0.15) is 0 Å². The van der Waals surface area contributed by atoms with Crippen LogP contribution in [0.4, 0.5) is 0 Å². The monoisotopic (exact) mass is 398 g/mol. The van der Waals surface area contributed by atoms with E-state index in [1.807, 2.05) is 18.2 Å². The zero-order chi connectivity index (χ0) is 19.9. The fourth-order valence-corrected chi connectivity index (χ4v) is 4.21. The second-order valence-corrected chi connectivity index (χ2v) is 9.31. The predicted molar refractivity (Wildman–Crippen MR) is 115 cm³/mol. The molecule has 0 aliphatic carbocycles. The van der Waals surface area contributed by atoms with Gasteiger partial charge in [0, 0.05) is 41.5 Å². The standard InChI is InChI=1S/C23H30N2O2S/c1-18-10-12-25(13-11-18)16-20-8-6-19(7-9-20)15-24-23(26)22-5-3-4-21(14-22)17-28(2)27/h3-9,14,18H,10-13,15-17H2,1-2H3,(H,24,26). The molecule has 1 aliphatic heterocycles. The number of hydrogen-bond acceptors (Lipinski definition) is 3. The molecule has 1 atom stereocenters. The van der Waals surface area contributed by atoms with Gasteiger partial charge >= 0.3 is 0 Å². The molecule has 2 aromatic rings. The lowest BCUT2D eigenvalue weighted by Crippen LogP contribution is -2.32. The van der Waals surface area contributed by atoms with Gasteiger partial charge in [0.2, 0.25) is 0 Å². The van der Waals surface area contributed by atoms with Gasteiger partial charge in [-0.3, -0.25) is 13.9 Å². The summed E-state index contributed by atoms with van der Waals surface area (Å²) in [5.41, 5.74) is 3.95. The van der Waals surface area contributed by atoms with Crippen LogP contribution < -0.4 is 5.32 Å². The molecule has 1 amide bonds. The van der Waals surface area contributed by atoms with Crippen molar-refractivity contribution in [3.63, 3.8) is 0 Å². The minimum Gasteiger partial charge on any atom is -0.348 e. The molecule has 0 bridgehead atoms. The molecule has 0 aromatic heterocycles. The summed E-state index contributed by atoms with van der Waals surface area (Å²) in [4.78, 5) is 14.9. The van der Waals surface area contributed by atoms with Crippen LogP contribution in [0.3, 0.4) is 0 Å². The normalized spacial score (nSPS) is 16.6. The number of carbonyl (C=O) groups excluding carboxylic acids is 1. The number of amides is 1. The summed E-state index contributed by atoms with van der Waals surface area (Å²) in [7, 11) is -0.914. The van der Waals surface area contributed by atoms with Crippen molar-refractivity contribution in [2.45, 2.75) is 38.6 Å². The van der Waals surface area contributed by atoms with Crippen LogP contribution in [-0.2, 0) is 29.6 Å². The first-order valence-electron chi connectivity index (χ1n) is 9.97. The highest BCUT2D eigenvalue weighted by Crippen LogP contribution is 2.18. The summed E-state index contributed by atoms with van der Waals surface area (Å²) in [5, 5.41) is 2.98. The van der Waals surface area contributed by atoms with E-state index >= 15 is 0 Å². The number of likely N-dealkylation sites (tertiary alicyclic amines) is 1. The number of nitrogens with zero attached hydrogens (tertiary/aromatic N) is 1. The summed E-state index contributed by atoms with van der Waals surface area (Å²) in [6.45, 7) is 6.21. The minimum atomic E-state index is -0.914. The van der Waals surface area contributed by atoms with Gasteiger partial charge in [-0.15, -0.1) is 0 Å².